The molecule has 2 aliphatic rings. The van der Waals surface area contributed by atoms with Crippen LogP contribution in [0.15, 0.2) is 18.2 Å². The summed E-state index contributed by atoms with van der Waals surface area (Å²) in [6.45, 7) is 4.49. The molecule has 0 atom stereocenters. The van der Waals surface area contributed by atoms with Crippen molar-refractivity contribution >= 4 is 5.69 Å². The van der Waals surface area contributed by atoms with Gasteiger partial charge in [-0.1, -0.05) is 0 Å². The number of ether oxygens (including phenoxy) is 4. The van der Waals surface area contributed by atoms with Crippen LogP contribution < -0.4 is 9.64 Å². The lowest BCUT2D eigenvalue weighted by Crippen LogP contribution is -2.38. The van der Waals surface area contributed by atoms with Crippen molar-refractivity contribution in [3.05, 3.63) is 24.0 Å². The fourth-order valence-electron chi connectivity index (χ4n) is 2.84. The lowest BCUT2D eigenvalue weighted by molar-refractivity contribution is 0.0544. The molecule has 0 aliphatic carbocycles. The Morgan fingerprint density at radius 2 is 1.91 bits per heavy atom. The molecule has 6 heteroatoms. The van der Waals surface area contributed by atoms with Gasteiger partial charge >= 0.3 is 0 Å². The van der Waals surface area contributed by atoms with Gasteiger partial charge in [0.15, 0.2) is 0 Å². The van der Waals surface area contributed by atoms with Gasteiger partial charge < -0.3 is 23.8 Å². The van der Waals surface area contributed by atoms with Crippen molar-refractivity contribution < 1.29 is 23.3 Å². The Balaban J connectivity index is 1.46. The number of nitrogens with zero attached hydrogens (tertiary/aromatic N) is 1. The molecule has 128 valence electrons. The van der Waals surface area contributed by atoms with Crippen LogP contribution in [0.25, 0.3) is 0 Å². The highest BCUT2D eigenvalue weighted by atomic mass is 19.1. The van der Waals surface area contributed by atoms with Gasteiger partial charge in [-0.25, -0.2) is 4.39 Å². The van der Waals surface area contributed by atoms with Gasteiger partial charge in [-0.3, -0.25) is 0 Å². The van der Waals surface area contributed by atoms with Crippen LogP contribution in [0.3, 0.4) is 0 Å². The first-order valence-electron chi connectivity index (χ1n) is 8.10. The van der Waals surface area contributed by atoms with Gasteiger partial charge in [-0.2, -0.15) is 0 Å². The van der Waals surface area contributed by atoms with E-state index in [-0.39, 0.29) is 11.4 Å². The number of piperidine rings is 1. The fraction of sp³-hybridized carbons (Fsp3) is 0.647. The van der Waals surface area contributed by atoms with E-state index in [2.05, 4.69) is 4.90 Å². The van der Waals surface area contributed by atoms with Crippen molar-refractivity contribution in [2.24, 2.45) is 0 Å². The summed E-state index contributed by atoms with van der Waals surface area (Å²) in [6.07, 6.45) is 1.95. The smallest absolute Gasteiger partial charge is 0.150 e. The topological polar surface area (TPSA) is 43.5 Å². The largest absolute Gasteiger partial charge is 0.491 e. The van der Waals surface area contributed by atoms with Crippen molar-refractivity contribution in [3.63, 3.8) is 0 Å². The van der Waals surface area contributed by atoms with Crippen LogP contribution in [0.1, 0.15) is 12.8 Å². The van der Waals surface area contributed by atoms with Gasteiger partial charge in [-0.05, 0) is 25.0 Å². The minimum atomic E-state index is -0.240. The summed E-state index contributed by atoms with van der Waals surface area (Å²) in [6, 6.07) is 5.05. The van der Waals surface area contributed by atoms with E-state index in [4.69, 9.17) is 18.9 Å². The number of methoxy groups -OCH3 is 1. The maximum absolute atomic E-state index is 14.3. The summed E-state index contributed by atoms with van der Waals surface area (Å²) in [5.74, 6) is 0.288. The number of halogens is 1. The Hall–Kier alpha value is -1.37. The summed E-state index contributed by atoms with van der Waals surface area (Å²) in [7, 11) is 1.63. The van der Waals surface area contributed by atoms with Gasteiger partial charge in [-0.15, -0.1) is 0 Å². The normalized spacial score (nSPS) is 19.1. The van der Waals surface area contributed by atoms with Gasteiger partial charge in [0.1, 0.15) is 18.2 Å². The molecule has 0 aromatic heterocycles. The molecule has 3 rings (SSSR count). The van der Waals surface area contributed by atoms with Crippen LogP contribution in [0, 0.1) is 5.82 Å². The predicted octanol–water partition coefficient (Wildman–Crippen LogP) is 2.24. The Morgan fingerprint density at radius 1 is 1.17 bits per heavy atom. The monoisotopic (exact) mass is 325 g/mol. The molecule has 0 amide bonds. The van der Waals surface area contributed by atoms with E-state index in [1.165, 1.54) is 6.07 Å². The van der Waals surface area contributed by atoms with Crippen molar-refractivity contribution in [3.8, 4) is 5.75 Å². The quantitative estimate of drug-likeness (QED) is 0.542. The third kappa shape index (κ3) is 4.34. The SMILES string of the molecule is COCCOCCOc1ccc(N2CCC3(CC2)CO3)c(F)c1. The molecule has 2 aliphatic heterocycles. The van der Waals surface area contributed by atoms with E-state index in [0.29, 0.717) is 37.9 Å². The van der Waals surface area contributed by atoms with Crippen LogP contribution in [-0.4, -0.2) is 58.8 Å². The second-order valence-electron chi connectivity index (χ2n) is 6.03. The first kappa shape index (κ1) is 16.5. The zero-order valence-corrected chi connectivity index (χ0v) is 13.6. The molecule has 2 saturated heterocycles. The Morgan fingerprint density at radius 3 is 2.57 bits per heavy atom. The highest BCUT2D eigenvalue weighted by Crippen LogP contribution is 2.39. The predicted molar refractivity (Wildman–Crippen MR) is 84.7 cm³/mol. The third-order valence-electron chi connectivity index (χ3n) is 4.42. The van der Waals surface area contributed by atoms with Gasteiger partial charge in [0.2, 0.25) is 0 Å². The summed E-state index contributed by atoms with van der Waals surface area (Å²) >= 11 is 0. The van der Waals surface area contributed by atoms with E-state index in [0.717, 1.165) is 32.5 Å². The molecule has 0 bridgehead atoms. The Bertz CT molecular complexity index is 511. The molecule has 0 radical (unpaired) electrons. The van der Waals surface area contributed by atoms with E-state index in [1.54, 1.807) is 13.2 Å². The molecule has 1 spiro atoms. The minimum absolute atomic E-state index is 0.110. The van der Waals surface area contributed by atoms with Gasteiger partial charge in [0, 0.05) is 26.3 Å². The van der Waals surface area contributed by atoms with Crippen LogP contribution in [0.4, 0.5) is 10.1 Å². The summed E-state index contributed by atoms with van der Waals surface area (Å²) in [4.78, 5) is 2.08. The average molecular weight is 325 g/mol. The minimum Gasteiger partial charge on any atom is -0.491 e. The summed E-state index contributed by atoms with van der Waals surface area (Å²) in [5, 5.41) is 0. The second kappa shape index (κ2) is 7.47. The molecule has 0 N–H and O–H groups in total. The van der Waals surface area contributed by atoms with Crippen LogP contribution in [-0.2, 0) is 14.2 Å². The highest BCUT2D eigenvalue weighted by molar-refractivity contribution is 5.51. The second-order valence-corrected chi connectivity index (χ2v) is 6.03. The Kier molecular flexibility index (Phi) is 5.35. The molecular formula is C17H24FNO4. The van der Waals surface area contributed by atoms with Crippen molar-refractivity contribution in [2.75, 3.05) is 58.1 Å². The number of hydrogen-bond donors (Lipinski definition) is 0. The fourth-order valence-corrected chi connectivity index (χ4v) is 2.84. The zero-order valence-electron chi connectivity index (χ0n) is 13.6. The molecule has 23 heavy (non-hydrogen) atoms. The van der Waals surface area contributed by atoms with E-state index in [1.807, 2.05) is 6.07 Å². The van der Waals surface area contributed by atoms with Crippen LogP contribution in [0.5, 0.6) is 5.75 Å². The number of epoxide rings is 1. The first-order valence-corrected chi connectivity index (χ1v) is 8.10. The maximum atomic E-state index is 14.3. The van der Waals surface area contributed by atoms with E-state index >= 15 is 0 Å². The molecule has 1 aromatic rings. The standard InChI is InChI=1S/C17H24FNO4/c1-20-8-9-21-10-11-22-14-2-3-16(15(18)12-14)19-6-4-17(5-7-19)13-23-17/h2-3,12H,4-11,13H2,1H3. The number of anilines is 1. The molecular weight excluding hydrogens is 301 g/mol. The number of benzene rings is 1. The maximum Gasteiger partial charge on any atom is 0.150 e. The first-order chi connectivity index (χ1) is 11.2. The zero-order chi connectivity index (χ0) is 16.1. The average Bonchev–Trinajstić information content (AvgIpc) is 3.31. The number of rotatable bonds is 8. The highest BCUT2D eigenvalue weighted by Gasteiger charge is 2.46. The summed E-state index contributed by atoms with van der Waals surface area (Å²) in [5.41, 5.74) is 0.753. The molecule has 2 fully saturated rings. The van der Waals surface area contributed by atoms with Gasteiger partial charge in [0.25, 0.3) is 0 Å². The van der Waals surface area contributed by atoms with E-state index in [9.17, 15) is 4.39 Å². The lowest BCUT2D eigenvalue weighted by atomic mass is 9.97. The third-order valence-corrected chi connectivity index (χ3v) is 4.42. The molecule has 0 unspecified atom stereocenters. The van der Waals surface area contributed by atoms with Crippen molar-refractivity contribution in [1.82, 2.24) is 0 Å². The molecule has 1 aromatic carbocycles. The van der Waals surface area contributed by atoms with Crippen molar-refractivity contribution in [2.45, 2.75) is 18.4 Å². The molecule has 5 nitrogen and oxygen atoms in total. The molecule has 0 saturated carbocycles. The van der Waals surface area contributed by atoms with E-state index < -0.39 is 0 Å². The van der Waals surface area contributed by atoms with Crippen LogP contribution >= 0.6 is 0 Å². The van der Waals surface area contributed by atoms with Crippen LogP contribution in [0.2, 0.25) is 0 Å². The number of hydrogen-bond acceptors (Lipinski definition) is 5. The molecule has 2 heterocycles. The Labute approximate surface area is 136 Å². The lowest BCUT2D eigenvalue weighted by Gasteiger charge is -2.32. The van der Waals surface area contributed by atoms with Gasteiger partial charge in [0.05, 0.1) is 37.7 Å². The van der Waals surface area contributed by atoms with Crippen molar-refractivity contribution in [1.29, 1.82) is 0 Å². The summed E-state index contributed by atoms with van der Waals surface area (Å²) < 4.78 is 35.5.